The molecule has 0 unspecified atom stereocenters. The molecule has 1 aliphatic rings. The summed E-state index contributed by atoms with van der Waals surface area (Å²) in [5, 5.41) is 13.9. The van der Waals surface area contributed by atoms with Crippen molar-refractivity contribution in [2.24, 2.45) is 0 Å². The Hall–Kier alpha value is -3.46. The number of para-hydroxylation sites is 1. The molecule has 1 saturated carbocycles. The second kappa shape index (κ2) is 9.42. The van der Waals surface area contributed by atoms with Gasteiger partial charge in [0.1, 0.15) is 11.5 Å². The molecule has 4 aromatic rings. The number of aromatic amines is 1. The molecule has 2 N–H and O–H groups in total. The maximum Gasteiger partial charge on any atom is 0.230 e. The number of carbonyl (C=O) groups is 1. The molecule has 2 heterocycles. The lowest BCUT2D eigenvalue weighted by Crippen LogP contribution is -2.28. The standard InChI is InChI=1S/C25H27N5O3S/c1-15(19-12-17(32-2)10-11-22(19)33-3)27-23(31)14-34-25-29-28-24(30(25)16-8-9-16)20-13-26-21-7-5-4-6-18(20)21/h4-7,10-13,15-16,26H,8-9,14H2,1-3H3,(H,27,31)/t15-/m0/s1. The molecular weight excluding hydrogens is 450 g/mol. The Labute approximate surface area is 202 Å². The third-order valence-corrected chi connectivity index (χ3v) is 6.96. The summed E-state index contributed by atoms with van der Waals surface area (Å²) in [4.78, 5) is 16.1. The monoisotopic (exact) mass is 477 g/mol. The predicted molar refractivity (Wildman–Crippen MR) is 132 cm³/mol. The van der Waals surface area contributed by atoms with Crippen LogP contribution in [0, 0.1) is 0 Å². The molecule has 8 nitrogen and oxygen atoms in total. The highest BCUT2D eigenvalue weighted by atomic mass is 32.2. The number of methoxy groups -OCH3 is 2. The van der Waals surface area contributed by atoms with Gasteiger partial charge in [0, 0.05) is 34.3 Å². The van der Waals surface area contributed by atoms with E-state index in [-0.39, 0.29) is 17.7 Å². The van der Waals surface area contributed by atoms with Crippen LogP contribution in [0.4, 0.5) is 0 Å². The van der Waals surface area contributed by atoms with E-state index in [1.165, 1.54) is 11.8 Å². The lowest BCUT2D eigenvalue weighted by molar-refractivity contribution is -0.119. The third kappa shape index (κ3) is 4.35. The van der Waals surface area contributed by atoms with E-state index in [4.69, 9.17) is 9.47 Å². The third-order valence-electron chi connectivity index (χ3n) is 6.02. The number of benzene rings is 2. The SMILES string of the molecule is COc1ccc(OC)c([C@H](C)NC(=O)CSc2nnc(-c3c[nH]c4ccccc34)n2C2CC2)c1. The minimum absolute atomic E-state index is 0.0821. The van der Waals surface area contributed by atoms with Crippen LogP contribution >= 0.6 is 11.8 Å². The molecule has 0 radical (unpaired) electrons. The quantitative estimate of drug-likeness (QED) is 0.338. The number of rotatable bonds is 9. The molecular formula is C25H27N5O3S. The van der Waals surface area contributed by atoms with E-state index < -0.39 is 0 Å². The predicted octanol–water partition coefficient (Wildman–Crippen LogP) is 4.75. The average Bonchev–Trinajstić information content (AvgIpc) is 3.47. The maximum absolute atomic E-state index is 12.8. The lowest BCUT2D eigenvalue weighted by Gasteiger charge is -2.18. The van der Waals surface area contributed by atoms with Gasteiger partial charge in [-0.1, -0.05) is 30.0 Å². The van der Waals surface area contributed by atoms with E-state index in [0.29, 0.717) is 17.5 Å². The number of H-pyrrole nitrogens is 1. The molecule has 34 heavy (non-hydrogen) atoms. The van der Waals surface area contributed by atoms with Crippen LogP contribution < -0.4 is 14.8 Å². The lowest BCUT2D eigenvalue weighted by atomic mass is 10.1. The van der Waals surface area contributed by atoms with Crippen LogP contribution in [0.2, 0.25) is 0 Å². The number of nitrogens with one attached hydrogen (secondary N) is 2. The zero-order valence-corrected chi connectivity index (χ0v) is 20.2. The first-order chi connectivity index (χ1) is 16.6. The Morgan fingerprint density at radius 3 is 2.79 bits per heavy atom. The number of thioether (sulfide) groups is 1. The summed E-state index contributed by atoms with van der Waals surface area (Å²) in [5.74, 6) is 2.43. The molecule has 0 saturated heterocycles. The van der Waals surface area contributed by atoms with Crippen LogP contribution in [-0.2, 0) is 4.79 Å². The second-order valence-corrected chi connectivity index (χ2v) is 9.28. The summed E-state index contributed by atoms with van der Waals surface area (Å²) in [6, 6.07) is 13.9. The highest BCUT2D eigenvalue weighted by molar-refractivity contribution is 7.99. The fourth-order valence-electron chi connectivity index (χ4n) is 4.15. The first-order valence-corrected chi connectivity index (χ1v) is 12.2. The van der Waals surface area contributed by atoms with Crippen molar-refractivity contribution in [3.05, 3.63) is 54.2 Å². The topological polar surface area (TPSA) is 94.1 Å². The van der Waals surface area contributed by atoms with Gasteiger partial charge >= 0.3 is 0 Å². The van der Waals surface area contributed by atoms with Gasteiger partial charge in [-0.25, -0.2) is 0 Å². The summed E-state index contributed by atoms with van der Waals surface area (Å²) >= 11 is 1.41. The van der Waals surface area contributed by atoms with Crippen molar-refractivity contribution in [2.75, 3.05) is 20.0 Å². The number of nitrogens with zero attached hydrogens (tertiary/aromatic N) is 3. The number of ether oxygens (including phenoxy) is 2. The van der Waals surface area contributed by atoms with Crippen LogP contribution in [0.3, 0.4) is 0 Å². The van der Waals surface area contributed by atoms with Gasteiger partial charge in [0.2, 0.25) is 5.91 Å². The first-order valence-electron chi connectivity index (χ1n) is 11.2. The minimum Gasteiger partial charge on any atom is -0.497 e. The zero-order chi connectivity index (χ0) is 23.7. The van der Waals surface area contributed by atoms with Crippen LogP contribution in [0.15, 0.2) is 53.8 Å². The Balaban J connectivity index is 1.31. The number of fused-ring (bicyclic) bond motifs is 1. The van der Waals surface area contributed by atoms with Gasteiger partial charge in [-0.15, -0.1) is 10.2 Å². The summed E-state index contributed by atoms with van der Waals surface area (Å²) in [6.07, 6.45) is 4.18. The smallest absolute Gasteiger partial charge is 0.230 e. The van der Waals surface area contributed by atoms with E-state index in [9.17, 15) is 4.79 Å². The highest BCUT2D eigenvalue weighted by Crippen LogP contribution is 2.42. The van der Waals surface area contributed by atoms with Gasteiger partial charge in [-0.05, 0) is 44.0 Å². The number of aromatic nitrogens is 4. The average molecular weight is 478 g/mol. The van der Waals surface area contributed by atoms with Crippen molar-refractivity contribution >= 4 is 28.6 Å². The second-order valence-electron chi connectivity index (χ2n) is 8.34. The van der Waals surface area contributed by atoms with Crippen molar-refractivity contribution < 1.29 is 14.3 Å². The molecule has 1 aliphatic carbocycles. The van der Waals surface area contributed by atoms with Crippen molar-refractivity contribution in [3.8, 4) is 22.9 Å². The van der Waals surface area contributed by atoms with Gasteiger partial charge < -0.3 is 19.8 Å². The van der Waals surface area contributed by atoms with Crippen molar-refractivity contribution in [1.82, 2.24) is 25.1 Å². The molecule has 1 amide bonds. The molecule has 9 heteroatoms. The highest BCUT2D eigenvalue weighted by Gasteiger charge is 2.31. The Bertz CT molecular complexity index is 1330. The molecule has 1 fully saturated rings. The van der Waals surface area contributed by atoms with E-state index >= 15 is 0 Å². The molecule has 176 valence electrons. The fraction of sp³-hybridized carbons (Fsp3) is 0.320. The summed E-state index contributed by atoms with van der Waals surface area (Å²) in [6.45, 7) is 1.93. The van der Waals surface area contributed by atoms with Crippen molar-refractivity contribution in [3.63, 3.8) is 0 Å². The number of hydrogen-bond acceptors (Lipinski definition) is 6. The molecule has 5 rings (SSSR count). The Morgan fingerprint density at radius 1 is 1.21 bits per heavy atom. The summed E-state index contributed by atoms with van der Waals surface area (Å²) < 4.78 is 13.0. The minimum atomic E-state index is -0.235. The van der Waals surface area contributed by atoms with Crippen molar-refractivity contribution in [1.29, 1.82) is 0 Å². The van der Waals surface area contributed by atoms with Gasteiger partial charge in [-0.2, -0.15) is 0 Å². The Morgan fingerprint density at radius 2 is 2.03 bits per heavy atom. The molecule has 2 aromatic carbocycles. The number of hydrogen-bond donors (Lipinski definition) is 2. The first kappa shape index (κ1) is 22.3. The van der Waals surface area contributed by atoms with E-state index in [1.54, 1.807) is 14.2 Å². The molecule has 0 bridgehead atoms. The van der Waals surface area contributed by atoms with Crippen LogP contribution in [0.1, 0.15) is 37.4 Å². The van der Waals surface area contributed by atoms with Gasteiger partial charge in [0.25, 0.3) is 0 Å². The zero-order valence-electron chi connectivity index (χ0n) is 19.4. The van der Waals surface area contributed by atoms with Crippen LogP contribution in [-0.4, -0.2) is 45.6 Å². The van der Waals surface area contributed by atoms with Gasteiger partial charge in [0.05, 0.1) is 26.0 Å². The molecule has 0 aliphatic heterocycles. The van der Waals surface area contributed by atoms with Gasteiger partial charge in [0.15, 0.2) is 11.0 Å². The summed E-state index contributed by atoms with van der Waals surface area (Å²) in [7, 11) is 3.23. The van der Waals surface area contributed by atoms with E-state index in [1.807, 2.05) is 43.5 Å². The van der Waals surface area contributed by atoms with Crippen LogP contribution in [0.5, 0.6) is 11.5 Å². The van der Waals surface area contributed by atoms with Crippen LogP contribution in [0.25, 0.3) is 22.3 Å². The summed E-state index contributed by atoms with van der Waals surface area (Å²) in [5.41, 5.74) is 2.96. The normalized spacial score (nSPS) is 14.2. The fourth-order valence-corrected chi connectivity index (χ4v) is 4.96. The number of carbonyl (C=O) groups excluding carboxylic acids is 1. The maximum atomic E-state index is 12.8. The van der Waals surface area contributed by atoms with Crippen molar-refractivity contribution in [2.45, 2.75) is 37.0 Å². The largest absolute Gasteiger partial charge is 0.497 e. The molecule has 2 aromatic heterocycles. The molecule has 1 atom stereocenters. The van der Waals surface area contributed by atoms with E-state index in [2.05, 4.69) is 37.2 Å². The molecule has 0 spiro atoms. The Kier molecular flexibility index (Phi) is 6.19. The van der Waals surface area contributed by atoms with E-state index in [0.717, 1.165) is 45.9 Å². The van der Waals surface area contributed by atoms with Gasteiger partial charge in [-0.3, -0.25) is 9.36 Å². The number of amides is 1.